The van der Waals surface area contributed by atoms with Gasteiger partial charge >= 0.3 is 0 Å². The van der Waals surface area contributed by atoms with Crippen LogP contribution in [-0.2, 0) is 13.5 Å². The first-order chi connectivity index (χ1) is 7.20. The maximum Gasteiger partial charge on any atom is 0.0823 e. The standard InChI is InChI=1S/C11H19N3S/c1-4-10-9(6-14(3)13-10)11-12-5-8(2)7-15-11/h6,8,11-12H,4-5,7H2,1-3H3. The van der Waals surface area contributed by atoms with Crippen molar-refractivity contribution < 1.29 is 0 Å². The van der Waals surface area contributed by atoms with E-state index in [4.69, 9.17) is 0 Å². The molecule has 0 spiro atoms. The first kappa shape index (κ1) is 11.0. The van der Waals surface area contributed by atoms with Crippen molar-refractivity contribution in [1.29, 1.82) is 0 Å². The van der Waals surface area contributed by atoms with Gasteiger partial charge in [0.05, 0.1) is 11.1 Å². The Morgan fingerprint density at radius 2 is 2.47 bits per heavy atom. The minimum atomic E-state index is 0.449. The Kier molecular flexibility index (Phi) is 3.36. The predicted octanol–water partition coefficient (Wildman–Crippen LogP) is 1.95. The number of aromatic nitrogens is 2. The minimum absolute atomic E-state index is 0.449. The molecule has 15 heavy (non-hydrogen) atoms. The highest BCUT2D eigenvalue weighted by molar-refractivity contribution is 7.99. The number of hydrogen-bond acceptors (Lipinski definition) is 3. The molecule has 1 saturated heterocycles. The summed E-state index contributed by atoms with van der Waals surface area (Å²) in [7, 11) is 2.00. The molecule has 0 saturated carbocycles. The van der Waals surface area contributed by atoms with Crippen LogP contribution in [0, 0.1) is 5.92 Å². The van der Waals surface area contributed by atoms with Crippen molar-refractivity contribution in [2.24, 2.45) is 13.0 Å². The molecule has 0 amide bonds. The number of hydrogen-bond donors (Lipinski definition) is 1. The van der Waals surface area contributed by atoms with Gasteiger partial charge in [-0.05, 0) is 24.6 Å². The molecule has 3 nitrogen and oxygen atoms in total. The molecule has 84 valence electrons. The molecule has 1 aromatic rings. The van der Waals surface area contributed by atoms with Crippen molar-refractivity contribution >= 4 is 11.8 Å². The van der Waals surface area contributed by atoms with E-state index >= 15 is 0 Å². The highest BCUT2D eigenvalue weighted by Gasteiger charge is 2.22. The fraction of sp³-hybridized carbons (Fsp3) is 0.727. The van der Waals surface area contributed by atoms with Gasteiger partial charge in [-0.3, -0.25) is 4.68 Å². The highest BCUT2D eigenvalue weighted by Crippen LogP contribution is 2.32. The number of thioether (sulfide) groups is 1. The Balaban J connectivity index is 2.14. The predicted molar refractivity (Wildman–Crippen MR) is 65.0 cm³/mol. The molecule has 1 aliphatic rings. The average molecular weight is 225 g/mol. The fourth-order valence-corrected chi connectivity index (χ4v) is 3.16. The number of rotatable bonds is 2. The molecule has 2 atom stereocenters. The van der Waals surface area contributed by atoms with E-state index in [1.807, 2.05) is 23.5 Å². The molecular weight excluding hydrogens is 206 g/mol. The second-order valence-electron chi connectivity index (χ2n) is 4.29. The van der Waals surface area contributed by atoms with Crippen LogP contribution in [0.2, 0.25) is 0 Å². The second-order valence-corrected chi connectivity index (χ2v) is 5.42. The quantitative estimate of drug-likeness (QED) is 0.834. The van der Waals surface area contributed by atoms with E-state index in [2.05, 4.69) is 30.5 Å². The van der Waals surface area contributed by atoms with Crippen LogP contribution in [0.15, 0.2) is 6.20 Å². The van der Waals surface area contributed by atoms with Crippen molar-refractivity contribution in [3.63, 3.8) is 0 Å². The number of nitrogens with one attached hydrogen (secondary N) is 1. The van der Waals surface area contributed by atoms with Gasteiger partial charge in [-0.2, -0.15) is 5.10 Å². The van der Waals surface area contributed by atoms with Gasteiger partial charge in [-0.25, -0.2) is 0 Å². The normalized spacial score (nSPS) is 26.9. The first-order valence-corrected chi connectivity index (χ1v) is 6.63. The highest BCUT2D eigenvalue weighted by atomic mass is 32.2. The van der Waals surface area contributed by atoms with Gasteiger partial charge in [-0.1, -0.05) is 13.8 Å². The van der Waals surface area contributed by atoms with Crippen molar-refractivity contribution in [2.45, 2.75) is 25.6 Å². The molecule has 0 radical (unpaired) electrons. The van der Waals surface area contributed by atoms with Crippen LogP contribution in [-0.4, -0.2) is 22.1 Å². The Morgan fingerprint density at radius 1 is 1.67 bits per heavy atom. The van der Waals surface area contributed by atoms with Gasteiger partial charge in [0, 0.05) is 18.8 Å². The summed E-state index contributed by atoms with van der Waals surface area (Å²) in [5, 5.41) is 8.52. The maximum atomic E-state index is 4.49. The van der Waals surface area contributed by atoms with E-state index in [9.17, 15) is 0 Å². The molecule has 0 aliphatic carbocycles. The lowest BCUT2D eigenvalue weighted by molar-refractivity contribution is 0.528. The van der Waals surface area contributed by atoms with Crippen molar-refractivity contribution in [3.05, 3.63) is 17.5 Å². The lowest BCUT2D eigenvalue weighted by Crippen LogP contribution is -2.31. The van der Waals surface area contributed by atoms with Gasteiger partial charge in [0.25, 0.3) is 0 Å². The summed E-state index contributed by atoms with van der Waals surface area (Å²) in [6, 6.07) is 0. The number of aryl methyl sites for hydroxylation is 2. The summed E-state index contributed by atoms with van der Waals surface area (Å²) in [5.41, 5.74) is 2.61. The molecule has 1 aliphatic heterocycles. The van der Waals surface area contributed by atoms with Crippen LogP contribution in [0.3, 0.4) is 0 Å². The van der Waals surface area contributed by atoms with E-state index in [0.717, 1.165) is 18.9 Å². The lowest BCUT2D eigenvalue weighted by atomic mass is 10.1. The Hall–Kier alpha value is -0.480. The maximum absolute atomic E-state index is 4.49. The van der Waals surface area contributed by atoms with Gasteiger partial charge in [0.15, 0.2) is 0 Å². The monoisotopic (exact) mass is 225 g/mol. The summed E-state index contributed by atoms with van der Waals surface area (Å²) in [6.07, 6.45) is 3.17. The Bertz CT molecular complexity index is 327. The Labute approximate surface area is 95.6 Å². The van der Waals surface area contributed by atoms with Crippen molar-refractivity contribution in [2.75, 3.05) is 12.3 Å². The molecule has 0 bridgehead atoms. The van der Waals surface area contributed by atoms with Crippen LogP contribution in [0.1, 0.15) is 30.5 Å². The largest absolute Gasteiger partial charge is 0.301 e. The van der Waals surface area contributed by atoms with Crippen LogP contribution in [0.25, 0.3) is 0 Å². The van der Waals surface area contributed by atoms with E-state index < -0.39 is 0 Å². The van der Waals surface area contributed by atoms with Crippen LogP contribution in [0.5, 0.6) is 0 Å². The van der Waals surface area contributed by atoms with Crippen LogP contribution >= 0.6 is 11.8 Å². The first-order valence-electron chi connectivity index (χ1n) is 5.58. The number of nitrogens with zero attached hydrogens (tertiary/aromatic N) is 2. The molecule has 2 rings (SSSR count). The molecular formula is C11H19N3S. The lowest BCUT2D eigenvalue weighted by Gasteiger charge is -2.27. The third kappa shape index (κ3) is 2.37. The van der Waals surface area contributed by atoms with Crippen LogP contribution in [0.4, 0.5) is 0 Å². The average Bonchev–Trinajstić information content (AvgIpc) is 2.61. The zero-order chi connectivity index (χ0) is 10.8. The van der Waals surface area contributed by atoms with Gasteiger partial charge in [-0.15, -0.1) is 11.8 Å². The van der Waals surface area contributed by atoms with Gasteiger partial charge in [0.2, 0.25) is 0 Å². The molecule has 2 heterocycles. The van der Waals surface area contributed by atoms with E-state index in [0.29, 0.717) is 5.37 Å². The van der Waals surface area contributed by atoms with Crippen molar-refractivity contribution in [3.8, 4) is 0 Å². The minimum Gasteiger partial charge on any atom is -0.301 e. The zero-order valence-corrected chi connectivity index (χ0v) is 10.5. The molecule has 2 unspecified atom stereocenters. The molecule has 4 heteroatoms. The molecule has 0 aromatic carbocycles. The summed E-state index contributed by atoms with van der Waals surface area (Å²) < 4.78 is 1.93. The smallest absolute Gasteiger partial charge is 0.0823 e. The summed E-state index contributed by atoms with van der Waals surface area (Å²) in [6.45, 7) is 5.58. The molecule has 1 fully saturated rings. The third-order valence-electron chi connectivity index (χ3n) is 2.75. The summed E-state index contributed by atoms with van der Waals surface area (Å²) >= 11 is 2.00. The summed E-state index contributed by atoms with van der Waals surface area (Å²) in [4.78, 5) is 0. The zero-order valence-electron chi connectivity index (χ0n) is 9.66. The molecule has 1 N–H and O–H groups in total. The summed E-state index contributed by atoms with van der Waals surface area (Å²) in [5.74, 6) is 2.03. The van der Waals surface area contributed by atoms with E-state index in [1.54, 1.807) is 0 Å². The Morgan fingerprint density at radius 3 is 3.07 bits per heavy atom. The van der Waals surface area contributed by atoms with Crippen molar-refractivity contribution in [1.82, 2.24) is 15.1 Å². The van der Waals surface area contributed by atoms with E-state index in [1.165, 1.54) is 17.0 Å². The van der Waals surface area contributed by atoms with Gasteiger partial charge < -0.3 is 5.32 Å². The topological polar surface area (TPSA) is 29.9 Å². The van der Waals surface area contributed by atoms with Crippen LogP contribution < -0.4 is 5.32 Å². The van der Waals surface area contributed by atoms with E-state index in [-0.39, 0.29) is 0 Å². The fourth-order valence-electron chi connectivity index (χ4n) is 1.93. The van der Waals surface area contributed by atoms with Gasteiger partial charge in [0.1, 0.15) is 0 Å². The third-order valence-corrected chi connectivity index (χ3v) is 4.27. The second kappa shape index (κ2) is 4.58. The SMILES string of the molecule is CCc1nn(C)cc1C1NCC(C)CS1. The molecule has 1 aromatic heterocycles.